The topological polar surface area (TPSA) is 122 Å². The second-order valence-electron chi connectivity index (χ2n) is 4.18. The summed E-state index contributed by atoms with van der Waals surface area (Å²) in [5.41, 5.74) is 9.45. The number of amides is 1. The van der Waals surface area contributed by atoms with Gasteiger partial charge in [0, 0.05) is 16.3 Å². The summed E-state index contributed by atoms with van der Waals surface area (Å²) in [4.78, 5) is 28.7. The Bertz CT molecular complexity index is 732. The van der Waals surface area contributed by atoms with Crippen LogP contribution in [0.5, 0.6) is 5.75 Å². The van der Waals surface area contributed by atoms with Crippen molar-refractivity contribution in [3.05, 3.63) is 45.1 Å². The van der Waals surface area contributed by atoms with Gasteiger partial charge in [0.15, 0.2) is 11.4 Å². The quantitative estimate of drug-likeness (QED) is 0.351. The molecule has 2 aromatic heterocycles. The van der Waals surface area contributed by atoms with Crippen LogP contribution in [0.3, 0.4) is 0 Å². The molecule has 0 aromatic carbocycles. The maximum atomic E-state index is 11.5. The van der Waals surface area contributed by atoms with Crippen LogP contribution >= 0.6 is 0 Å². The number of hydrogen-bond donors (Lipinski definition) is 0. The van der Waals surface area contributed by atoms with Crippen LogP contribution in [-0.2, 0) is 6.54 Å². The Hall–Kier alpha value is -2.93. The third-order valence-electron chi connectivity index (χ3n) is 2.71. The van der Waals surface area contributed by atoms with E-state index in [2.05, 4.69) is 20.2 Å². The smallest absolute Gasteiger partial charge is 0.335 e. The third kappa shape index (κ3) is 2.98. The van der Waals surface area contributed by atoms with Crippen molar-refractivity contribution >= 4 is 11.6 Å². The number of ether oxygens (including phenoxy) is 1. The Labute approximate surface area is 119 Å². The van der Waals surface area contributed by atoms with Crippen molar-refractivity contribution in [3.63, 3.8) is 0 Å². The lowest BCUT2D eigenvalue weighted by Gasteiger charge is -2.09. The van der Waals surface area contributed by atoms with Crippen molar-refractivity contribution in [1.82, 2.24) is 9.38 Å². The Morgan fingerprint density at radius 3 is 3.05 bits per heavy atom. The molecule has 0 unspecified atom stereocenters. The standard InChI is InChI=1S/C12H12N6O3/c1-2-3-21-10-4-8(5-15-17-13)7-18-9(12(19)16-20)6-14-11(10)18/h4,6-7H,2-3,5H2,1H3. The fourth-order valence-electron chi connectivity index (χ4n) is 1.83. The first-order chi connectivity index (χ1) is 10.2. The molecule has 0 N–H and O–H groups in total. The monoisotopic (exact) mass is 288 g/mol. The fourth-order valence-corrected chi connectivity index (χ4v) is 1.83. The van der Waals surface area contributed by atoms with Crippen LogP contribution in [0, 0.1) is 4.91 Å². The maximum absolute atomic E-state index is 11.5. The predicted molar refractivity (Wildman–Crippen MR) is 74.0 cm³/mol. The second kappa shape index (κ2) is 6.49. The molecule has 1 amide bonds. The summed E-state index contributed by atoms with van der Waals surface area (Å²) in [6, 6.07) is 1.69. The first-order valence-electron chi connectivity index (χ1n) is 6.22. The highest BCUT2D eigenvalue weighted by molar-refractivity contribution is 5.94. The van der Waals surface area contributed by atoms with E-state index >= 15 is 0 Å². The Balaban J connectivity index is 2.58. The summed E-state index contributed by atoms with van der Waals surface area (Å²) in [6.07, 6.45) is 3.62. The highest BCUT2D eigenvalue weighted by Crippen LogP contribution is 2.23. The molecule has 9 nitrogen and oxygen atoms in total. The highest BCUT2D eigenvalue weighted by atomic mass is 16.5. The van der Waals surface area contributed by atoms with E-state index in [0.717, 1.165) is 6.42 Å². The molecule has 2 rings (SSSR count). The van der Waals surface area contributed by atoms with Gasteiger partial charge in [-0.15, -0.1) is 4.91 Å². The number of hydrogen-bond acceptors (Lipinski definition) is 5. The molecule has 0 atom stereocenters. The average molecular weight is 288 g/mol. The normalized spacial score (nSPS) is 10.1. The van der Waals surface area contributed by atoms with Crippen molar-refractivity contribution in [1.29, 1.82) is 0 Å². The van der Waals surface area contributed by atoms with Gasteiger partial charge in [-0.3, -0.25) is 9.20 Å². The van der Waals surface area contributed by atoms with E-state index in [4.69, 9.17) is 10.3 Å². The van der Waals surface area contributed by atoms with Gasteiger partial charge in [0.25, 0.3) is 0 Å². The van der Waals surface area contributed by atoms with E-state index in [0.29, 0.717) is 23.6 Å². The van der Waals surface area contributed by atoms with E-state index in [-0.39, 0.29) is 12.2 Å². The first-order valence-corrected chi connectivity index (χ1v) is 6.22. The van der Waals surface area contributed by atoms with E-state index in [9.17, 15) is 9.70 Å². The average Bonchev–Trinajstić information content (AvgIpc) is 2.93. The molecule has 0 radical (unpaired) electrons. The van der Waals surface area contributed by atoms with Crippen LogP contribution in [0.1, 0.15) is 29.4 Å². The van der Waals surface area contributed by atoms with Gasteiger partial charge in [-0.05, 0) is 23.6 Å². The molecule has 2 aromatic rings. The molecular formula is C12H12N6O3. The number of carbonyl (C=O) groups is 1. The van der Waals surface area contributed by atoms with Crippen LogP contribution in [0.2, 0.25) is 0 Å². The predicted octanol–water partition coefficient (Wildman–Crippen LogP) is 2.84. The summed E-state index contributed by atoms with van der Waals surface area (Å²) in [5, 5.41) is 5.86. The molecule has 0 saturated heterocycles. The molecule has 0 aliphatic carbocycles. The minimum Gasteiger partial charge on any atom is -0.490 e. The van der Waals surface area contributed by atoms with Gasteiger partial charge in [0.1, 0.15) is 5.69 Å². The molecular weight excluding hydrogens is 276 g/mol. The van der Waals surface area contributed by atoms with E-state index in [1.165, 1.54) is 10.6 Å². The van der Waals surface area contributed by atoms with Gasteiger partial charge in [-0.2, -0.15) is 0 Å². The molecule has 0 spiro atoms. The van der Waals surface area contributed by atoms with Crippen molar-refractivity contribution < 1.29 is 9.53 Å². The number of rotatable bonds is 6. The summed E-state index contributed by atoms with van der Waals surface area (Å²) < 4.78 is 6.99. The Morgan fingerprint density at radius 2 is 2.38 bits per heavy atom. The summed E-state index contributed by atoms with van der Waals surface area (Å²) >= 11 is 0. The van der Waals surface area contributed by atoms with E-state index in [1.54, 1.807) is 12.3 Å². The summed E-state index contributed by atoms with van der Waals surface area (Å²) in [6.45, 7) is 2.52. The summed E-state index contributed by atoms with van der Waals surface area (Å²) in [5.74, 6) is -0.475. The lowest BCUT2D eigenvalue weighted by atomic mass is 10.2. The van der Waals surface area contributed by atoms with Gasteiger partial charge < -0.3 is 4.74 Å². The fraction of sp³-hybridized carbons (Fsp3) is 0.333. The van der Waals surface area contributed by atoms with Crippen LogP contribution < -0.4 is 4.74 Å². The maximum Gasteiger partial charge on any atom is 0.335 e. The van der Waals surface area contributed by atoms with Crippen LogP contribution in [0.25, 0.3) is 16.1 Å². The van der Waals surface area contributed by atoms with Crippen molar-refractivity contribution in [2.24, 2.45) is 10.3 Å². The van der Waals surface area contributed by atoms with Gasteiger partial charge >= 0.3 is 5.91 Å². The SMILES string of the molecule is CCCOc1cc(CN=[N+]=[N-])cn2c(C(=O)N=O)cnc12. The van der Waals surface area contributed by atoms with Gasteiger partial charge in [0.2, 0.25) is 0 Å². The largest absolute Gasteiger partial charge is 0.490 e. The molecule has 0 bridgehead atoms. The minimum absolute atomic E-state index is 0.0316. The number of fused-ring (bicyclic) bond motifs is 1. The van der Waals surface area contributed by atoms with E-state index in [1.807, 2.05) is 6.92 Å². The zero-order valence-corrected chi connectivity index (χ0v) is 11.3. The Morgan fingerprint density at radius 1 is 1.57 bits per heavy atom. The molecule has 0 fully saturated rings. The summed E-state index contributed by atoms with van der Waals surface area (Å²) in [7, 11) is 0. The molecule has 2 heterocycles. The molecule has 108 valence electrons. The minimum atomic E-state index is -0.926. The van der Waals surface area contributed by atoms with Crippen molar-refractivity contribution in [2.45, 2.75) is 19.9 Å². The number of carbonyl (C=O) groups excluding carboxylic acids is 1. The number of aromatic nitrogens is 2. The Kier molecular flexibility index (Phi) is 4.47. The molecule has 21 heavy (non-hydrogen) atoms. The first kappa shape index (κ1) is 14.5. The van der Waals surface area contributed by atoms with E-state index < -0.39 is 5.91 Å². The molecule has 0 saturated carbocycles. The number of nitroso groups, excluding NO2 is 1. The van der Waals surface area contributed by atoms with Crippen LogP contribution in [-0.4, -0.2) is 21.9 Å². The van der Waals surface area contributed by atoms with Gasteiger partial charge in [-0.25, -0.2) is 4.98 Å². The van der Waals surface area contributed by atoms with Gasteiger partial charge in [-0.1, -0.05) is 12.0 Å². The lowest BCUT2D eigenvalue weighted by Crippen LogP contribution is -2.03. The number of azide groups is 1. The van der Waals surface area contributed by atoms with Crippen molar-refractivity contribution in [3.8, 4) is 5.75 Å². The highest BCUT2D eigenvalue weighted by Gasteiger charge is 2.16. The molecule has 9 heteroatoms. The number of nitrogens with zero attached hydrogens (tertiary/aromatic N) is 6. The lowest BCUT2D eigenvalue weighted by molar-refractivity contribution is 0.0995. The number of imidazole rings is 1. The molecule has 0 aliphatic heterocycles. The zero-order chi connectivity index (χ0) is 15.2. The molecule has 0 aliphatic rings. The second-order valence-corrected chi connectivity index (χ2v) is 4.18. The number of pyridine rings is 1. The van der Waals surface area contributed by atoms with Gasteiger partial charge in [0.05, 0.1) is 19.3 Å². The third-order valence-corrected chi connectivity index (χ3v) is 2.71. The van der Waals surface area contributed by atoms with Crippen LogP contribution in [0.15, 0.2) is 28.8 Å². The zero-order valence-electron chi connectivity index (χ0n) is 11.3. The van der Waals surface area contributed by atoms with Crippen LogP contribution in [0.4, 0.5) is 0 Å². The van der Waals surface area contributed by atoms with Crippen molar-refractivity contribution in [2.75, 3.05) is 6.61 Å².